The number of ether oxygens (including phenoxy) is 1. The number of nitrogens with two attached hydrogens (primary N) is 1. The van der Waals surface area contributed by atoms with Crippen LogP contribution in [0.15, 0.2) is 42.7 Å². The highest BCUT2D eigenvalue weighted by Gasteiger charge is 2.29. The number of anilines is 4. The molecule has 0 saturated carbocycles. The van der Waals surface area contributed by atoms with Crippen LogP contribution in [0.25, 0.3) is 0 Å². The summed E-state index contributed by atoms with van der Waals surface area (Å²) in [7, 11) is 0. The minimum Gasteiger partial charge on any atom is -0.449 e. The maximum atomic E-state index is 13.2. The zero-order chi connectivity index (χ0) is 21.3. The molecule has 1 aliphatic heterocycles. The number of nitrogens with one attached hydrogen (secondary N) is 3. The van der Waals surface area contributed by atoms with Crippen molar-refractivity contribution in [1.82, 2.24) is 15.3 Å². The number of fused-ring (bicyclic) bond motifs is 2. The minimum absolute atomic E-state index is 0.214. The number of aromatic nitrogens is 2. The van der Waals surface area contributed by atoms with Crippen molar-refractivity contribution in [1.29, 1.82) is 0 Å². The summed E-state index contributed by atoms with van der Waals surface area (Å²) in [6.07, 6.45) is 2.43. The lowest BCUT2D eigenvalue weighted by Crippen LogP contribution is -2.25. The number of carbonyl (C=O) groups is 2. The summed E-state index contributed by atoms with van der Waals surface area (Å²) in [5.74, 6) is -0.356. The number of benzene rings is 1. The predicted octanol–water partition coefficient (Wildman–Crippen LogP) is 3.06. The lowest BCUT2D eigenvalue weighted by molar-refractivity contribution is 0.0955. The number of hydrogen-bond acceptors (Lipinski definition) is 7. The highest BCUT2D eigenvalue weighted by Crippen LogP contribution is 2.48. The predicted molar refractivity (Wildman–Crippen MR) is 108 cm³/mol. The summed E-state index contributed by atoms with van der Waals surface area (Å²) in [6, 6.07) is 7.52. The van der Waals surface area contributed by atoms with E-state index in [9.17, 15) is 14.0 Å². The highest BCUT2D eigenvalue weighted by molar-refractivity contribution is 6.06. The zero-order valence-electron chi connectivity index (χ0n) is 15.8. The number of halogens is 1. The van der Waals surface area contributed by atoms with Crippen LogP contribution < -0.4 is 26.4 Å². The first-order valence-corrected chi connectivity index (χ1v) is 9.05. The molecule has 0 spiro atoms. The Hall–Kier alpha value is -4.21. The van der Waals surface area contributed by atoms with Crippen molar-refractivity contribution in [2.45, 2.75) is 6.92 Å². The van der Waals surface area contributed by atoms with E-state index in [0.717, 1.165) is 6.20 Å². The number of primary amides is 1. The molecule has 1 aromatic carbocycles. The van der Waals surface area contributed by atoms with Crippen LogP contribution in [0.5, 0.6) is 11.5 Å². The summed E-state index contributed by atoms with van der Waals surface area (Å²) < 4.78 is 19.1. The van der Waals surface area contributed by atoms with Crippen molar-refractivity contribution in [3.8, 4) is 11.5 Å². The summed E-state index contributed by atoms with van der Waals surface area (Å²) in [5, 5.41) is 8.74. The lowest BCUT2D eigenvalue weighted by Gasteiger charge is -2.26. The summed E-state index contributed by atoms with van der Waals surface area (Å²) in [5.41, 5.74) is 6.56. The third-order valence-electron chi connectivity index (χ3n) is 4.34. The number of pyridine rings is 2. The van der Waals surface area contributed by atoms with E-state index in [0.29, 0.717) is 29.5 Å². The summed E-state index contributed by atoms with van der Waals surface area (Å²) >= 11 is 0. The molecule has 2 aromatic heterocycles. The zero-order valence-corrected chi connectivity index (χ0v) is 15.8. The van der Waals surface area contributed by atoms with Gasteiger partial charge in [-0.05, 0) is 31.2 Å². The number of amides is 2. The number of hydrogen-bond donors (Lipinski definition) is 4. The van der Waals surface area contributed by atoms with E-state index in [1.54, 1.807) is 25.1 Å². The normalized spacial score (nSPS) is 11.4. The van der Waals surface area contributed by atoms with Gasteiger partial charge in [0.25, 0.3) is 11.8 Å². The van der Waals surface area contributed by atoms with Gasteiger partial charge >= 0.3 is 0 Å². The largest absolute Gasteiger partial charge is 0.449 e. The van der Waals surface area contributed by atoms with Gasteiger partial charge in [-0.3, -0.25) is 9.59 Å². The molecule has 2 amide bonds. The monoisotopic (exact) mass is 408 g/mol. The second-order valence-electron chi connectivity index (χ2n) is 6.34. The van der Waals surface area contributed by atoms with E-state index in [1.807, 2.05) is 0 Å². The second kappa shape index (κ2) is 7.66. The van der Waals surface area contributed by atoms with Gasteiger partial charge in [0.05, 0.1) is 23.0 Å². The van der Waals surface area contributed by atoms with Gasteiger partial charge in [0, 0.05) is 12.7 Å². The van der Waals surface area contributed by atoms with Crippen LogP contribution >= 0.6 is 0 Å². The van der Waals surface area contributed by atoms with Crippen LogP contribution in [0.4, 0.5) is 27.4 Å². The molecule has 0 bridgehead atoms. The molecule has 3 aromatic rings. The molecule has 0 fully saturated rings. The number of para-hydroxylation sites is 1. The molecular formula is C20H17FN6O3. The highest BCUT2D eigenvalue weighted by atomic mass is 19.1. The Morgan fingerprint density at radius 3 is 2.67 bits per heavy atom. The fraction of sp³-hybridized carbons (Fsp3) is 0.100. The molecule has 1 aliphatic rings. The van der Waals surface area contributed by atoms with E-state index < -0.39 is 11.7 Å². The van der Waals surface area contributed by atoms with Crippen molar-refractivity contribution in [2.75, 3.05) is 17.2 Å². The van der Waals surface area contributed by atoms with Crippen molar-refractivity contribution < 1.29 is 18.7 Å². The van der Waals surface area contributed by atoms with Gasteiger partial charge in [-0.25, -0.2) is 14.4 Å². The van der Waals surface area contributed by atoms with Gasteiger partial charge in [0.2, 0.25) is 0 Å². The first-order chi connectivity index (χ1) is 14.5. The topological polar surface area (TPSA) is 131 Å². The van der Waals surface area contributed by atoms with Crippen LogP contribution in [-0.2, 0) is 0 Å². The Labute approximate surface area is 170 Å². The fourth-order valence-electron chi connectivity index (χ4n) is 2.99. The minimum atomic E-state index is -0.645. The molecular weight excluding hydrogens is 391 g/mol. The molecule has 0 atom stereocenters. The van der Waals surface area contributed by atoms with Crippen molar-refractivity contribution >= 4 is 34.8 Å². The molecule has 10 heteroatoms. The first-order valence-electron chi connectivity index (χ1n) is 9.05. The number of nitrogens with zero attached hydrogens (tertiary/aromatic N) is 2. The van der Waals surface area contributed by atoms with Crippen LogP contribution in [0, 0.1) is 5.82 Å². The molecule has 5 N–H and O–H groups in total. The molecule has 0 radical (unpaired) electrons. The lowest BCUT2D eigenvalue weighted by atomic mass is 10.1. The molecule has 9 nitrogen and oxygen atoms in total. The van der Waals surface area contributed by atoms with Gasteiger partial charge in [-0.2, -0.15) is 0 Å². The van der Waals surface area contributed by atoms with E-state index in [4.69, 9.17) is 10.5 Å². The van der Waals surface area contributed by atoms with Crippen molar-refractivity contribution in [2.24, 2.45) is 5.73 Å². The van der Waals surface area contributed by atoms with Gasteiger partial charge in [-0.15, -0.1) is 0 Å². The van der Waals surface area contributed by atoms with Gasteiger partial charge in [0.15, 0.2) is 17.3 Å². The third kappa shape index (κ3) is 3.46. The average molecular weight is 408 g/mol. The Balaban J connectivity index is 1.82. The molecule has 152 valence electrons. The molecule has 0 unspecified atom stereocenters. The maximum absolute atomic E-state index is 13.2. The second-order valence-corrected chi connectivity index (χ2v) is 6.34. The fourth-order valence-corrected chi connectivity index (χ4v) is 2.99. The molecule has 0 aliphatic carbocycles. The Morgan fingerprint density at radius 2 is 1.97 bits per heavy atom. The van der Waals surface area contributed by atoms with Gasteiger partial charge in [-0.1, -0.05) is 6.07 Å². The molecule has 4 rings (SSSR count). The summed E-state index contributed by atoms with van der Waals surface area (Å²) in [6.45, 7) is 2.20. The smallest absolute Gasteiger partial charge is 0.255 e. The van der Waals surface area contributed by atoms with E-state index in [2.05, 4.69) is 25.9 Å². The van der Waals surface area contributed by atoms with Gasteiger partial charge in [0.1, 0.15) is 17.3 Å². The van der Waals surface area contributed by atoms with Crippen LogP contribution in [0.2, 0.25) is 0 Å². The molecule has 3 heterocycles. The van der Waals surface area contributed by atoms with E-state index in [-0.39, 0.29) is 28.6 Å². The summed E-state index contributed by atoms with van der Waals surface area (Å²) in [4.78, 5) is 32.6. The standard InChI is InChI=1S/C20H17FN6O3/c1-2-23-20(29)12-9-25-19(26-14-7-6-10(21)8-24-14)17-16(12)27-15-11(18(22)28)4-3-5-13(15)30-17/h3-9,27H,2H2,1H3,(H2,22,28)(H,23,29)(H,24,25,26). The SMILES string of the molecule is CCNC(=O)c1cnc(Nc2ccc(F)cn2)c2c1Nc1c(cccc1C(N)=O)O2. The van der Waals surface area contributed by atoms with Crippen molar-refractivity contribution in [3.05, 3.63) is 59.7 Å². The van der Waals surface area contributed by atoms with Crippen molar-refractivity contribution in [3.63, 3.8) is 0 Å². The van der Waals surface area contributed by atoms with Gasteiger partial charge < -0.3 is 26.4 Å². The first kappa shape index (κ1) is 19.1. The quantitative estimate of drug-likeness (QED) is 0.399. The molecule has 30 heavy (non-hydrogen) atoms. The third-order valence-corrected chi connectivity index (χ3v) is 4.34. The Bertz CT molecular complexity index is 1150. The maximum Gasteiger partial charge on any atom is 0.255 e. The van der Waals surface area contributed by atoms with Crippen LogP contribution in [0.3, 0.4) is 0 Å². The van der Waals surface area contributed by atoms with Crippen LogP contribution in [0.1, 0.15) is 27.6 Å². The average Bonchev–Trinajstić information content (AvgIpc) is 2.73. The number of carbonyl (C=O) groups excluding carboxylic acids is 2. The van der Waals surface area contributed by atoms with E-state index in [1.165, 1.54) is 18.3 Å². The number of rotatable bonds is 5. The Kier molecular flexibility index (Phi) is 4.88. The molecule has 0 saturated heterocycles. The van der Waals surface area contributed by atoms with Crippen LogP contribution in [-0.4, -0.2) is 28.3 Å². The van der Waals surface area contributed by atoms with E-state index >= 15 is 0 Å². The Morgan fingerprint density at radius 1 is 1.13 bits per heavy atom.